The fourth-order valence-corrected chi connectivity index (χ4v) is 4.31. The molecule has 0 radical (unpaired) electrons. The van der Waals surface area contributed by atoms with Crippen LogP contribution in [0.5, 0.6) is 5.75 Å². The Labute approximate surface area is 174 Å². The number of hydrogen-bond acceptors (Lipinski definition) is 2. The Morgan fingerprint density at radius 3 is 2.50 bits per heavy atom. The van der Waals surface area contributed by atoms with Crippen LogP contribution in [0.3, 0.4) is 0 Å². The van der Waals surface area contributed by atoms with Gasteiger partial charge in [-0.1, -0.05) is 44.2 Å². The van der Waals surface area contributed by atoms with Crippen LogP contribution in [0.2, 0.25) is 0 Å². The van der Waals surface area contributed by atoms with Crippen LogP contribution in [-0.4, -0.2) is 24.0 Å². The summed E-state index contributed by atoms with van der Waals surface area (Å²) in [5, 5.41) is 10.9. The lowest BCUT2D eigenvalue weighted by Crippen LogP contribution is -2.51. The number of methoxy groups -OCH3 is 1. The summed E-state index contributed by atoms with van der Waals surface area (Å²) in [7, 11) is 1.38. The standard InChI is InChI=1S/C24H26F4O2/c1-22(2,20-13-18(25)11-12-21(20)30-3)15-23(29,24(26,27)28)14-17-9-6-8-16-7-4-5-10-19(16)17/h5-6,8-13,29H,4,7,14-15H2,1-3H3. The van der Waals surface area contributed by atoms with E-state index >= 15 is 0 Å². The smallest absolute Gasteiger partial charge is 0.417 e. The first kappa shape index (κ1) is 22.3. The normalized spacial score (nSPS) is 16.1. The summed E-state index contributed by atoms with van der Waals surface area (Å²) in [4.78, 5) is 0. The zero-order valence-corrected chi connectivity index (χ0v) is 17.3. The third kappa shape index (κ3) is 4.38. The molecular formula is C24H26F4O2. The number of benzene rings is 2. The molecule has 0 aromatic heterocycles. The third-order valence-corrected chi connectivity index (χ3v) is 5.79. The third-order valence-electron chi connectivity index (χ3n) is 5.79. The minimum atomic E-state index is -4.87. The molecule has 1 N–H and O–H groups in total. The van der Waals surface area contributed by atoms with E-state index in [9.17, 15) is 22.7 Å². The Bertz CT molecular complexity index is 947. The van der Waals surface area contributed by atoms with Gasteiger partial charge in [-0.15, -0.1) is 0 Å². The molecule has 0 heterocycles. The highest BCUT2D eigenvalue weighted by Crippen LogP contribution is 2.45. The van der Waals surface area contributed by atoms with Gasteiger partial charge in [0.1, 0.15) is 11.6 Å². The molecule has 162 valence electrons. The Kier molecular flexibility index (Phi) is 6.01. The van der Waals surface area contributed by atoms with E-state index in [4.69, 9.17) is 4.74 Å². The van der Waals surface area contributed by atoms with E-state index in [2.05, 4.69) is 0 Å². The van der Waals surface area contributed by atoms with Gasteiger partial charge in [0.25, 0.3) is 0 Å². The molecule has 0 amide bonds. The number of ether oxygens (including phenoxy) is 1. The van der Waals surface area contributed by atoms with Crippen molar-refractivity contribution < 1.29 is 27.4 Å². The molecule has 0 saturated carbocycles. The van der Waals surface area contributed by atoms with E-state index < -0.39 is 35.9 Å². The summed E-state index contributed by atoms with van der Waals surface area (Å²) in [5.41, 5.74) is -1.75. The van der Waals surface area contributed by atoms with Crippen LogP contribution in [-0.2, 0) is 18.3 Å². The highest BCUT2D eigenvalue weighted by atomic mass is 19.4. The number of halogens is 4. The highest BCUT2D eigenvalue weighted by Gasteiger charge is 2.56. The predicted molar refractivity (Wildman–Crippen MR) is 109 cm³/mol. The Morgan fingerprint density at radius 2 is 1.83 bits per heavy atom. The molecule has 0 bridgehead atoms. The quantitative estimate of drug-likeness (QED) is 0.579. The number of fused-ring (bicyclic) bond motifs is 1. The largest absolute Gasteiger partial charge is 0.496 e. The summed E-state index contributed by atoms with van der Waals surface area (Å²) in [6.07, 6.45) is -0.734. The first-order chi connectivity index (χ1) is 14.0. The summed E-state index contributed by atoms with van der Waals surface area (Å²) in [6, 6.07) is 9.00. The Balaban J connectivity index is 2.02. The summed E-state index contributed by atoms with van der Waals surface area (Å²) >= 11 is 0. The van der Waals surface area contributed by atoms with E-state index in [1.54, 1.807) is 26.0 Å². The van der Waals surface area contributed by atoms with Crippen LogP contribution in [0.15, 0.2) is 42.5 Å². The molecule has 6 heteroatoms. The fourth-order valence-electron chi connectivity index (χ4n) is 4.31. The zero-order valence-electron chi connectivity index (χ0n) is 17.3. The maximum absolute atomic E-state index is 14.2. The molecule has 2 nitrogen and oxygen atoms in total. The van der Waals surface area contributed by atoms with Crippen molar-refractivity contribution in [3.05, 3.63) is 70.5 Å². The monoisotopic (exact) mass is 422 g/mol. The van der Waals surface area contributed by atoms with Gasteiger partial charge in [-0.2, -0.15) is 13.2 Å². The second-order valence-electron chi connectivity index (χ2n) is 8.54. The van der Waals surface area contributed by atoms with Crippen LogP contribution in [0.25, 0.3) is 6.08 Å². The molecule has 0 fully saturated rings. The first-order valence-electron chi connectivity index (χ1n) is 9.87. The van der Waals surface area contributed by atoms with Crippen molar-refractivity contribution in [2.75, 3.05) is 7.11 Å². The average molecular weight is 422 g/mol. The van der Waals surface area contributed by atoms with E-state index in [1.165, 1.54) is 25.3 Å². The van der Waals surface area contributed by atoms with Gasteiger partial charge < -0.3 is 9.84 Å². The minimum absolute atomic E-state index is 0.280. The molecule has 0 saturated heterocycles. The number of aliphatic hydroxyl groups is 1. The van der Waals surface area contributed by atoms with Crippen LogP contribution in [0.1, 0.15) is 48.9 Å². The summed E-state index contributed by atoms with van der Waals surface area (Å²) < 4.78 is 61.6. The number of rotatable bonds is 6. The number of hydrogen-bond donors (Lipinski definition) is 1. The van der Waals surface area contributed by atoms with E-state index in [0.717, 1.165) is 24.0 Å². The Hall–Kier alpha value is -2.34. The molecule has 30 heavy (non-hydrogen) atoms. The van der Waals surface area contributed by atoms with Crippen molar-refractivity contribution in [3.8, 4) is 5.75 Å². The number of alkyl halides is 3. The van der Waals surface area contributed by atoms with E-state index in [-0.39, 0.29) is 11.3 Å². The number of allylic oxidation sites excluding steroid dienone is 1. The highest BCUT2D eigenvalue weighted by molar-refractivity contribution is 5.60. The van der Waals surface area contributed by atoms with Gasteiger partial charge in [0.2, 0.25) is 0 Å². The van der Waals surface area contributed by atoms with Crippen molar-refractivity contribution in [2.45, 2.75) is 56.7 Å². The van der Waals surface area contributed by atoms with Crippen LogP contribution in [0.4, 0.5) is 17.6 Å². The molecule has 0 spiro atoms. The van der Waals surface area contributed by atoms with Gasteiger partial charge in [-0.25, -0.2) is 4.39 Å². The van der Waals surface area contributed by atoms with Gasteiger partial charge in [0.15, 0.2) is 5.60 Å². The van der Waals surface area contributed by atoms with Gasteiger partial charge in [-0.05, 0) is 59.6 Å². The van der Waals surface area contributed by atoms with Gasteiger partial charge in [0.05, 0.1) is 7.11 Å². The SMILES string of the molecule is COc1ccc(F)cc1C(C)(C)CC(O)(Cc1cccc2c1C=CCC2)C(F)(F)F. The lowest BCUT2D eigenvalue weighted by molar-refractivity contribution is -0.266. The summed E-state index contributed by atoms with van der Waals surface area (Å²) in [6.45, 7) is 3.11. The minimum Gasteiger partial charge on any atom is -0.496 e. The maximum atomic E-state index is 14.2. The second-order valence-corrected chi connectivity index (χ2v) is 8.54. The number of aryl methyl sites for hydroxylation is 1. The van der Waals surface area contributed by atoms with Crippen LogP contribution >= 0.6 is 0 Å². The zero-order chi connectivity index (χ0) is 22.2. The second kappa shape index (κ2) is 8.06. The topological polar surface area (TPSA) is 29.5 Å². The van der Waals surface area contributed by atoms with Gasteiger partial charge in [0, 0.05) is 12.0 Å². The lowest BCUT2D eigenvalue weighted by Gasteiger charge is -2.39. The van der Waals surface area contributed by atoms with Gasteiger partial charge in [-0.3, -0.25) is 0 Å². The molecule has 2 aromatic carbocycles. The van der Waals surface area contributed by atoms with Crippen LogP contribution in [0, 0.1) is 5.82 Å². The predicted octanol–water partition coefficient (Wildman–Crippen LogP) is 6.00. The molecule has 3 rings (SSSR count). The first-order valence-corrected chi connectivity index (χ1v) is 9.87. The molecule has 1 atom stereocenters. The maximum Gasteiger partial charge on any atom is 0.417 e. The van der Waals surface area contributed by atoms with Crippen molar-refractivity contribution >= 4 is 6.08 Å². The van der Waals surface area contributed by atoms with Crippen molar-refractivity contribution in [1.82, 2.24) is 0 Å². The molecule has 1 aliphatic rings. The molecular weight excluding hydrogens is 396 g/mol. The molecule has 1 unspecified atom stereocenters. The molecule has 2 aromatic rings. The molecule has 1 aliphatic carbocycles. The lowest BCUT2D eigenvalue weighted by atomic mass is 9.72. The van der Waals surface area contributed by atoms with E-state index in [0.29, 0.717) is 5.56 Å². The van der Waals surface area contributed by atoms with Crippen LogP contribution < -0.4 is 4.74 Å². The molecule has 0 aliphatic heterocycles. The summed E-state index contributed by atoms with van der Waals surface area (Å²) in [5.74, 6) is -0.289. The fraction of sp³-hybridized carbons (Fsp3) is 0.417. The average Bonchev–Trinajstić information content (AvgIpc) is 2.67. The van der Waals surface area contributed by atoms with Gasteiger partial charge >= 0.3 is 6.18 Å². The van der Waals surface area contributed by atoms with E-state index in [1.807, 2.05) is 18.2 Å². The van der Waals surface area contributed by atoms with Crippen molar-refractivity contribution in [3.63, 3.8) is 0 Å². The van der Waals surface area contributed by atoms with Crippen molar-refractivity contribution in [2.24, 2.45) is 0 Å². The van der Waals surface area contributed by atoms with Crippen molar-refractivity contribution in [1.29, 1.82) is 0 Å². The Morgan fingerprint density at radius 1 is 1.10 bits per heavy atom.